The fourth-order valence-corrected chi connectivity index (χ4v) is 2.61. The number of rotatable bonds is 6. The van der Waals surface area contributed by atoms with Gasteiger partial charge in [0.05, 0.1) is 12.8 Å². The molecular formula is C16H21N3O. The summed E-state index contributed by atoms with van der Waals surface area (Å²) in [7, 11) is 0. The highest BCUT2D eigenvalue weighted by molar-refractivity contribution is 5.39. The number of fused-ring (bicyclic) bond motifs is 1. The first-order valence-corrected chi connectivity index (χ1v) is 7.27. The second-order valence-electron chi connectivity index (χ2n) is 5.34. The number of benzene rings is 1. The summed E-state index contributed by atoms with van der Waals surface area (Å²) in [6.07, 6.45) is 5.18. The van der Waals surface area contributed by atoms with Gasteiger partial charge in [0.2, 0.25) is 0 Å². The molecule has 1 aromatic carbocycles. The van der Waals surface area contributed by atoms with Gasteiger partial charge in [-0.2, -0.15) is 5.10 Å². The molecule has 4 nitrogen and oxygen atoms in total. The van der Waals surface area contributed by atoms with E-state index in [9.17, 15) is 0 Å². The second kappa shape index (κ2) is 6.09. The van der Waals surface area contributed by atoms with Crippen LogP contribution in [0.15, 0.2) is 24.4 Å². The first kappa shape index (κ1) is 13.2. The van der Waals surface area contributed by atoms with Crippen molar-refractivity contribution >= 4 is 0 Å². The number of hydrogen-bond acceptors (Lipinski definition) is 3. The van der Waals surface area contributed by atoms with Crippen molar-refractivity contribution in [2.45, 2.75) is 32.7 Å². The Labute approximate surface area is 119 Å². The lowest BCUT2D eigenvalue weighted by molar-refractivity contribution is 0.357. The van der Waals surface area contributed by atoms with Crippen LogP contribution in [0.4, 0.5) is 0 Å². The molecule has 4 heteroatoms. The maximum Gasteiger partial charge on any atom is 0.122 e. The van der Waals surface area contributed by atoms with E-state index in [4.69, 9.17) is 4.74 Å². The standard InChI is InChI=1S/C16H21N3O/c1-12-15(11-18-19-12)3-2-7-17-10-13-4-5-16-14(9-13)6-8-20-16/h4-5,9,11,17H,2-3,6-8,10H2,1H3,(H,18,19). The highest BCUT2D eigenvalue weighted by Gasteiger charge is 2.11. The Kier molecular flexibility index (Phi) is 4.02. The quantitative estimate of drug-likeness (QED) is 0.793. The molecule has 1 aliphatic heterocycles. The zero-order valence-corrected chi connectivity index (χ0v) is 11.9. The van der Waals surface area contributed by atoms with Crippen molar-refractivity contribution in [3.8, 4) is 5.75 Å². The third-order valence-corrected chi connectivity index (χ3v) is 3.82. The van der Waals surface area contributed by atoms with Gasteiger partial charge in [0.25, 0.3) is 0 Å². The molecule has 2 heterocycles. The van der Waals surface area contributed by atoms with E-state index in [0.717, 1.165) is 44.7 Å². The zero-order chi connectivity index (χ0) is 13.8. The van der Waals surface area contributed by atoms with Crippen molar-refractivity contribution in [1.82, 2.24) is 15.5 Å². The Hall–Kier alpha value is -1.81. The Balaban J connectivity index is 1.41. The molecule has 0 unspecified atom stereocenters. The number of ether oxygens (including phenoxy) is 1. The van der Waals surface area contributed by atoms with Crippen LogP contribution in [0.5, 0.6) is 5.75 Å². The molecule has 2 N–H and O–H groups in total. The molecule has 0 radical (unpaired) electrons. The maximum absolute atomic E-state index is 5.52. The van der Waals surface area contributed by atoms with Gasteiger partial charge in [-0.05, 0) is 49.1 Å². The minimum absolute atomic E-state index is 0.830. The summed E-state index contributed by atoms with van der Waals surface area (Å²) < 4.78 is 5.52. The van der Waals surface area contributed by atoms with Gasteiger partial charge in [0.15, 0.2) is 0 Å². The summed E-state index contributed by atoms with van der Waals surface area (Å²) in [5.41, 5.74) is 5.19. The summed E-state index contributed by atoms with van der Waals surface area (Å²) in [5, 5.41) is 10.5. The molecule has 20 heavy (non-hydrogen) atoms. The van der Waals surface area contributed by atoms with Crippen LogP contribution in [-0.4, -0.2) is 23.3 Å². The number of nitrogens with zero attached hydrogens (tertiary/aromatic N) is 1. The Morgan fingerprint density at radius 3 is 3.20 bits per heavy atom. The van der Waals surface area contributed by atoms with Gasteiger partial charge in [0, 0.05) is 18.7 Å². The van der Waals surface area contributed by atoms with Crippen LogP contribution in [0.3, 0.4) is 0 Å². The summed E-state index contributed by atoms with van der Waals surface area (Å²) in [4.78, 5) is 0. The predicted octanol–water partition coefficient (Wildman–Crippen LogP) is 2.38. The average molecular weight is 271 g/mol. The number of nitrogens with one attached hydrogen (secondary N) is 2. The van der Waals surface area contributed by atoms with E-state index in [-0.39, 0.29) is 0 Å². The smallest absolute Gasteiger partial charge is 0.122 e. The van der Waals surface area contributed by atoms with E-state index in [0.29, 0.717) is 0 Å². The molecule has 0 aliphatic carbocycles. The average Bonchev–Trinajstić information content (AvgIpc) is 3.07. The lowest BCUT2D eigenvalue weighted by Gasteiger charge is -2.06. The molecule has 0 spiro atoms. The van der Waals surface area contributed by atoms with E-state index >= 15 is 0 Å². The summed E-state index contributed by atoms with van der Waals surface area (Å²) in [6, 6.07) is 6.50. The molecule has 0 saturated heterocycles. The van der Waals surface area contributed by atoms with E-state index < -0.39 is 0 Å². The Morgan fingerprint density at radius 1 is 1.40 bits per heavy atom. The van der Waals surface area contributed by atoms with Gasteiger partial charge in [-0.1, -0.05) is 12.1 Å². The van der Waals surface area contributed by atoms with Gasteiger partial charge >= 0.3 is 0 Å². The molecule has 106 valence electrons. The largest absolute Gasteiger partial charge is 0.493 e. The van der Waals surface area contributed by atoms with Crippen molar-refractivity contribution in [1.29, 1.82) is 0 Å². The van der Waals surface area contributed by atoms with Crippen LogP contribution in [0.1, 0.15) is 28.8 Å². The van der Waals surface area contributed by atoms with Gasteiger partial charge < -0.3 is 10.1 Å². The predicted molar refractivity (Wildman–Crippen MR) is 79.0 cm³/mol. The number of aromatic nitrogens is 2. The van der Waals surface area contributed by atoms with Crippen molar-refractivity contribution in [2.24, 2.45) is 0 Å². The molecule has 1 aromatic heterocycles. The number of aryl methyl sites for hydroxylation is 2. The van der Waals surface area contributed by atoms with Gasteiger partial charge in [-0.3, -0.25) is 5.10 Å². The first-order chi connectivity index (χ1) is 9.83. The molecule has 0 amide bonds. The molecule has 3 rings (SSSR count). The number of H-pyrrole nitrogens is 1. The molecule has 0 bridgehead atoms. The molecule has 1 aliphatic rings. The lowest BCUT2D eigenvalue weighted by Crippen LogP contribution is -2.15. The summed E-state index contributed by atoms with van der Waals surface area (Å²) in [6.45, 7) is 4.86. The number of hydrogen-bond donors (Lipinski definition) is 2. The SMILES string of the molecule is Cc1[nH]ncc1CCCNCc1ccc2c(c1)CCO2. The molecule has 0 atom stereocenters. The molecule has 0 fully saturated rings. The maximum atomic E-state index is 5.52. The van der Waals surface area contributed by atoms with E-state index in [1.165, 1.54) is 22.4 Å². The van der Waals surface area contributed by atoms with Gasteiger partial charge in [-0.15, -0.1) is 0 Å². The summed E-state index contributed by atoms with van der Waals surface area (Å²) in [5.74, 6) is 1.06. The van der Waals surface area contributed by atoms with E-state index in [1.54, 1.807) is 0 Å². The van der Waals surface area contributed by atoms with Gasteiger partial charge in [0.1, 0.15) is 5.75 Å². The highest BCUT2D eigenvalue weighted by Crippen LogP contribution is 2.25. The van der Waals surface area contributed by atoms with Crippen LogP contribution in [0.2, 0.25) is 0 Å². The van der Waals surface area contributed by atoms with Crippen LogP contribution < -0.4 is 10.1 Å². The second-order valence-corrected chi connectivity index (χ2v) is 5.34. The normalized spacial score (nSPS) is 13.2. The Bertz CT molecular complexity index is 577. The van der Waals surface area contributed by atoms with Crippen LogP contribution in [0, 0.1) is 6.92 Å². The minimum atomic E-state index is 0.830. The van der Waals surface area contributed by atoms with Crippen molar-refractivity contribution in [3.63, 3.8) is 0 Å². The fraction of sp³-hybridized carbons (Fsp3) is 0.438. The molecular weight excluding hydrogens is 250 g/mol. The summed E-state index contributed by atoms with van der Waals surface area (Å²) >= 11 is 0. The first-order valence-electron chi connectivity index (χ1n) is 7.27. The third kappa shape index (κ3) is 3.02. The van der Waals surface area contributed by atoms with Crippen molar-refractivity contribution in [3.05, 3.63) is 46.8 Å². The molecule has 0 saturated carbocycles. The monoisotopic (exact) mass is 271 g/mol. The topological polar surface area (TPSA) is 49.9 Å². The Morgan fingerprint density at radius 2 is 2.35 bits per heavy atom. The van der Waals surface area contributed by atoms with Crippen molar-refractivity contribution in [2.75, 3.05) is 13.2 Å². The third-order valence-electron chi connectivity index (χ3n) is 3.82. The van der Waals surface area contributed by atoms with E-state index in [1.807, 2.05) is 6.20 Å². The van der Waals surface area contributed by atoms with Crippen LogP contribution in [0.25, 0.3) is 0 Å². The van der Waals surface area contributed by atoms with Crippen LogP contribution in [-0.2, 0) is 19.4 Å². The van der Waals surface area contributed by atoms with E-state index in [2.05, 4.69) is 40.6 Å². The number of aromatic amines is 1. The molecule has 2 aromatic rings. The van der Waals surface area contributed by atoms with Gasteiger partial charge in [-0.25, -0.2) is 0 Å². The van der Waals surface area contributed by atoms with Crippen LogP contribution >= 0.6 is 0 Å². The fourth-order valence-electron chi connectivity index (χ4n) is 2.61. The highest BCUT2D eigenvalue weighted by atomic mass is 16.5. The van der Waals surface area contributed by atoms with Crippen molar-refractivity contribution < 1.29 is 4.74 Å². The zero-order valence-electron chi connectivity index (χ0n) is 11.9. The lowest BCUT2D eigenvalue weighted by atomic mass is 10.1. The minimum Gasteiger partial charge on any atom is -0.493 e.